The maximum absolute atomic E-state index is 10.9. The van der Waals surface area contributed by atoms with Crippen molar-refractivity contribution in [2.75, 3.05) is 13.2 Å². The molecule has 0 unspecified atom stereocenters. The first-order valence-electron chi connectivity index (χ1n) is 4.09. The molecule has 0 aliphatic carbocycles. The number of hydrogen-bond acceptors (Lipinski definition) is 3. The van der Waals surface area contributed by atoms with Crippen molar-refractivity contribution in [3.05, 3.63) is 12.7 Å². The van der Waals surface area contributed by atoms with Crippen LogP contribution in [-0.4, -0.2) is 24.8 Å². The zero-order valence-corrected chi connectivity index (χ0v) is 7.34. The summed E-state index contributed by atoms with van der Waals surface area (Å²) >= 11 is 0. The molecule has 3 heteroatoms. The Morgan fingerprint density at radius 1 is 1.58 bits per heavy atom. The Balaban J connectivity index is 2.30. The van der Waals surface area contributed by atoms with E-state index in [0.29, 0.717) is 26.1 Å². The number of ketones is 1. The minimum Gasteiger partial charge on any atom is -0.348 e. The van der Waals surface area contributed by atoms with Gasteiger partial charge in [0.15, 0.2) is 11.6 Å². The quantitative estimate of drug-likeness (QED) is 0.596. The van der Waals surface area contributed by atoms with E-state index in [4.69, 9.17) is 9.47 Å². The van der Waals surface area contributed by atoms with Crippen molar-refractivity contribution >= 4 is 5.78 Å². The average molecular weight is 170 g/mol. The molecule has 0 aromatic carbocycles. The number of ether oxygens (including phenoxy) is 2. The highest BCUT2D eigenvalue weighted by Crippen LogP contribution is 2.23. The molecule has 0 aromatic rings. The molecule has 12 heavy (non-hydrogen) atoms. The number of carbonyl (C=O) groups excluding carboxylic acids is 1. The van der Waals surface area contributed by atoms with Crippen LogP contribution in [0.25, 0.3) is 0 Å². The number of rotatable bonds is 4. The molecule has 3 nitrogen and oxygen atoms in total. The number of hydrogen-bond donors (Lipinski definition) is 0. The molecule has 1 rings (SSSR count). The van der Waals surface area contributed by atoms with E-state index in [9.17, 15) is 4.79 Å². The van der Waals surface area contributed by atoms with Crippen molar-refractivity contribution < 1.29 is 14.3 Å². The van der Waals surface area contributed by atoms with Crippen LogP contribution >= 0.6 is 0 Å². The minimum atomic E-state index is -0.543. The summed E-state index contributed by atoms with van der Waals surface area (Å²) in [6, 6.07) is 0. The van der Waals surface area contributed by atoms with Gasteiger partial charge in [-0.15, -0.1) is 0 Å². The molecular weight excluding hydrogens is 156 g/mol. The molecule has 1 aliphatic rings. The van der Waals surface area contributed by atoms with E-state index < -0.39 is 5.79 Å². The highest BCUT2D eigenvalue weighted by atomic mass is 16.7. The molecule has 1 fully saturated rings. The van der Waals surface area contributed by atoms with Gasteiger partial charge in [0.1, 0.15) is 0 Å². The Morgan fingerprint density at radius 2 is 2.17 bits per heavy atom. The Hall–Kier alpha value is -0.670. The number of carbonyl (C=O) groups is 1. The molecule has 0 bridgehead atoms. The van der Waals surface area contributed by atoms with Crippen molar-refractivity contribution in [3.63, 3.8) is 0 Å². The van der Waals surface area contributed by atoms with Crippen LogP contribution in [-0.2, 0) is 14.3 Å². The van der Waals surface area contributed by atoms with Crippen LogP contribution in [0.5, 0.6) is 0 Å². The molecule has 1 aliphatic heterocycles. The molecule has 0 radical (unpaired) electrons. The van der Waals surface area contributed by atoms with Gasteiger partial charge in [-0.3, -0.25) is 4.79 Å². The molecule has 0 saturated carbocycles. The van der Waals surface area contributed by atoms with Crippen molar-refractivity contribution in [3.8, 4) is 0 Å². The van der Waals surface area contributed by atoms with Gasteiger partial charge in [0, 0.05) is 12.8 Å². The van der Waals surface area contributed by atoms with Crippen molar-refractivity contribution in [2.24, 2.45) is 0 Å². The van der Waals surface area contributed by atoms with E-state index in [1.807, 2.05) is 6.92 Å². The van der Waals surface area contributed by atoms with Gasteiger partial charge in [-0.1, -0.05) is 6.58 Å². The second-order valence-corrected chi connectivity index (χ2v) is 3.00. The maximum atomic E-state index is 10.9. The van der Waals surface area contributed by atoms with E-state index in [2.05, 4.69) is 6.58 Å². The summed E-state index contributed by atoms with van der Waals surface area (Å²) in [5.41, 5.74) is 0. The second-order valence-electron chi connectivity index (χ2n) is 3.00. The van der Waals surface area contributed by atoms with Crippen LogP contribution in [0.4, 0.5) is 0 Å². The summed E-state index contributed by atoms with van der Waals surface area (Å²) in [5, 5.41) is 0. The molecule has 0 spiro atoms. The fourth-order valence-electron chi connectivity index (χ4n) is 1.15. The summed E-state index contributed by atoms with van der Waals surface area (Å²) in [7, 11) is 0. The van der Waals surface area contributed by atoms with Gasteiger partial charge < -0.3 is 9.47 Å². The van der Waals surface area contributed by atoms with E-state index >= 15 is 0 Å². The standard InChI is InChI=1S/C9H14O3/c1-3-8(10)4-5-9(2)11-6-7-12-9/h3H,1,4-7H2,2H3. The Kier molecular flexibility index (Phi) is 3.00. The SMILES string of the molecule is C=CC(=O)CCC1(C)OCCO1. The van der Waals surface area contributed by atoms with Gasteiger partial charge in [0.25, 0.3) is 0 Å². The predicted molar refractivity (Wildman–Crippen MR) is 44.7 cm³/mol. The lowest BCUT2D eigenvalue weighted by Crippen LogP contribution is -2.26. The molecule has 0 aromatic heterocycles. The Bertz CT molecular complexity index is 180. The minimum absolute atomic E-state index is 0.0373. The van der Waals surface area contributed by atoms with Gasteiger partial charge in [0.05, 0.1) is 13.2 Å². The van der Waals surface area contributed by atoms with Crippen molar-refractivity contribution in [2.45, 2.75) is 25.6 Å². The zero-order chi connectivity index (χ0) is 9.03. The Morgan fingerprint density at radius 3 is 2.67 bits per heavy atom. The molecule has 0 atom stereocenters. The lowest BCUT2D eigenvalue weighted by Gasteiger charge is -2.21. The fourth-order valence-corrected chi connectivity index (χ4v) is 1.15. The third-order valence-electron chi connectivity index (χ3n) is 1.95. The third kappa shape index (κ3) is 2.43. The average Bonchev–Trinajstić information content (AvgIpc) is 2.49. The molecule has 0 amide bonds. The van der Waals surface area contributed by atoms with Gasteiger partial charge >= 0.3 is 0 Å². The van der Waals surface area contributed by atoms with Gasteiger partial charge in [0.2, 0.25) is 0 Å². The summed E-state index contributed by atoms with van der Waals surface area (Å²) in [6.45, 7) is 6.50. The van der Waals surface area contributed by atoms with Gasteiger partial charge in [-0.2, -0.15) is 0 Å². The molecule has 1 saturated heterocycles. The van der Waals surface area contributed by atoms with Crippen molar-refractivity contribution in [1.29, 1.82) is 0 Å². The van der Waals surface area contributed by atoms with Crippen LogP contribution in [0, 0.1) is 0 Å². The van der Waals surface area contributed by atoms with Crippen LogP contribution in [0.15, 0.2) is 12.7 Å². The summed E-state index contributed by atoms with van der Waals surface area (Å²) < 4.78 is 10.7. The largest absolute Gasteiger partial charge is 0.348 e. The first-order valence-corrected chi connectivity index (χ1v) is 4.09. The van der Waals surface area contributed by atoms with E-state index in [0.717, 1.165) is 0 Å². The van der Waals surface area contributed by atoms with Crippen LogP contribution in [0.1, 0.15) is 19.8 Å². The zero-order valence-electron chi connectivity index (χ0n) is 7.34. The normalized spacial score (nSPS) is 20.8. The number of allylic oxidation sites excluding steroid dienone is 1. The first-order chi connectivity index (χ1) is 5.66. The van der Waals surface area contributed by atoms with Gasteiger partial charge in [-0.05, 0) is 13.0 Å². The van der Waals surface area contributed by atoms with Crippen molar-refractivity contribution in [1.82, 2.24) is 0 Å². The molecule has 0 N–H and O–H groups in total. The van der Waals surface area contributed by atoms with E-state index in [1.165, 1.54) is 6.08 Å². The van der Waals surface area contributed by atoms with Gasteiger partial charge in [-0.25, -0.2) is 0 Å². The fraction of sp³-hybridized carbons (Fsp3) is 0.667. The van der Waals surface area contributed by atoms with E-state index in [1.54, 1.807) is 0 Å². The van der Waals surface area contributed by atoms with Crippen LogP contribution < -0.4 is 0 Å². The lowest BCUT2D eigenvalue weighted by molar-refractivity contribution is -0.150. The van der Waals surface area contributed by atoms with Crippen LogP contribution in [0.2, 0.25) is 0 Å². The summed E-state index contributed by atoms with van der Waals surface area (Å²) in [4.78, 5) is 10.9. The highest BCUT2D eigenvalue weighted by molar-refractivity contribution is 5.88. The predicted octanol–water partition coefficient (Wildman–Crippen LogP) is 1.28. The third-order valence-corrected chi connectivity index (χ3v) is 1.95. The van der Waals surface area contributed by atoms with Crippen LogP contribution in [0.3, 0.4) is 0 Å². The first kappa shape index (κ1) is 9.42. The summed E-state index contributed by atoms with van der Waals surface area (Å²) in [6.07, 6.45) is 2.39. The molecule has 68 valence electrons. The molecular formula is C9H14O3. The lowest BCUT2D eigenvalue weighted by atomic mass is 10.1. The summed E-state index contributed by atoms with van der Waals surface area (Å²) in [5.74, 6) is -0.506. The van der Waals surface area contributed by atoms with E-state index in [-0.39, 0.29) is 5.78 Å². The monoisotopic (exact) mass is 170 g/mol. The Labute approximate surface area is 72.4 Å². The smallest absolute Gasteiger partial charge is 0.166 e. The maximum Gasteiger partial charge on any atom is 0.166 e. The second kappa shape index (κ2) is 3.83. The highest BCUT2D eigenvalue weighted by Gasteiger charge is 2.30. The molecule has 1 heterocycles. The topological polar surface area (TPSA) is 35.5 Å².